The van der Waals surface area contributed by atoms with Crippen LogP contribution in [0.1, 0.15) is 36.4 Å². The Kier molecular flexibility index (Phi) is 4.00. The molecule has 114 valence electrons. The molecule has 1 aromatic rings. The van der Waals surface area contributed by atoms with Gasteiger partial charge in [0, 0.05) is 19.6 Å². The number of nitrogens with zero attached hydrogens (tertiary/aromatic N) is 1. The van der Waals surface area contributed by atoms with Gasteiger partial charge in [-0.05, 0) is 43.7 Å². The van der Waals surface area contributed by atoms with Crippen molar-refractivity contribution < 1.29 is 4.79 Å². The minimum atomic E-state index is -0.527. The number of piperidine rings is 1. The number of rotatable bonds is 2. The Hall–Kier alpha value is -1.39. The summed E-state index contributed by atoms with van der Waals surface area (Å²) in [6, 6.07) is 7.42. The fraction of sp³-hybridized carbons (Fsp3) is 0.588. The third-order valence-corrected chi connectivity index (χ3v) is 5.17. The van der Waals surface area contributed by atoms with Crippen molar-refractivity contribution in [3.8, 4) is 0 Å². The molecule has 2 heterocycles. The molecular weight excluding hydrogens is 262 g/mol. The van der Waals surface area contributed by atoms with Crippen molar-refractivity contribution in [3.63, 3.8) is 0 Å². The van der Waals surface area contributed by atoms with Crippen LogP contribution >= 0.6 is 0 Å². The first kappa shape index (κ1) is 14.5. The van der Waals surface area contributed by atoms with Gasteiger partial charge < -0.3 is 16.0 Å². The number of hydrogen-bond acceptors (Lipinski definition) is 3. The van der Waals surface area contributed by atoms with E-state index >= 15 is 0 Å². The van der Waals surface area contributed by atoms with Crippen molar-refractivity contribution >= 4 is 5.91 Å². The monoisotopic (exact) mass is 287 g/mol. The van der Waals surface area contributed by atoms with Gasteiger partial charge in [0.1, 0.15) is 6.04 Å². The molecule has 0 saturated carbocycles. The van der Waals surface area contributed by atoms with Crippen LogP contribution in [0.3, 0.4) is 0 Å². The van der Waals surface area contributed by atoms with E-state index in [2.05, 4.69) is 5.32 Å². The lowest BCUT2D eigenvalue weighted by molar-refractivity contribution is -0.134. The second-order valence-corrected chi connectivity index (χ2v) is 6.64. The predicted octanol–water partition coefficient (Wildman–Crippen LogP) is 1.60. The molecule has 2 aliphatic heterocycles. The summed E-state index contributed by atoms with van der Waals surface area (Å²) in [6.45, 7) is 5.97. The summed E-state index contributed by atoms with van der Waals surface area (Å²) in [5.41, 5.74) is 8.69. The Morgan fingerprint density at radius 3 is 2.48 bits per heavy atom. The number of amides is 1. The van der Waals surface area contributed by atoms with Crippen LogP contribution in [0.15, 0.2) is 24.3 Å². The van der Waals surface area contributed by atoms with Crippen LogP contribution in [0, 0.1) is 12.3 Å². The van der Waals surface area contributed by atoms with E-state index in [1.807, 2.05) is 36.1 Å². The quantitative estimate of drug-likeness (QED) is 0.868. The minimum Gasteiger partial charge on any atom is -0.341 e. The van der Waals surface area contributed by atoms with Gasteiger partial charge in [-0.15, -0.1) is 0 Å². The SMILES string of the molecule is Cc1ccc(C(N)C(=O)N2CCC3(CCNC3)CC2)cc1. The standard InChI is InChI=1S/C17H25N3O/c1-13-2-4-14(5-3-13)15(18)16(21)20-10-7-17(8-11-20)6-9-19-12-17/h2-5,15,19H,6-12,18H2,1H3. The van der Waals surface area contributed by atoms with Crippen LogP contribution < -0.4 is 11.1 Å². The van der Waals surface area contributed by atoms with Gasteiger partial charge in [-0.1, -0.05) is 29.8 Å². The molecule has 2 aliphatic rings. The largest absolute Gasteiger partial charge is 0.341 e. The molecule has 0 aromatic heterocycles. The van der Waals surface area contributed by atoms with Crippen molar-refractivity contribution in [3.05, 3.63) is 35.4 Å². The Labute approximate surface area is 126 Å². The van der Waals surface area contributed by atoms with Gasteiger partial charge in [0.25, 0.3) is 0 Å². The van der Waals surface area contributed by atoms with Gasteiger partial charge in [0.05, 0.1) is 0 Å². The topological polar surface area (TPSA) is 58.4 Å². The number of nitrogens with one attached hydrogen (secondary N) is 1. The number of hydrogen-bond donors (Lipinski definition) is 2. The summed E-state index contributed by atoms with van der Waals surface area (Å²) in [7, 11) is 0. The van der Waals surface area contributed by atoms with Gasteiger partial charge in [0.15, 0.2) is 0 Å². The van der Waals surface area contributed by atoms with Crippen LogP contribution in [-0.4, -0.2) is 37.0 Å². The highest BCUT2D eigenvalue weighted by Crippen LogP contribution is 2.37. The van der Waals surface area contributed by atoms with E-state index in [9.17, 15) is 4.79 Å². The van der Waals surface area contributed by atoms with E-state index in [1.54, 1.807) is 0 Å². The van der Waals surface area contributed by atoms with Gasteiger partial charge in [-0.2, -0.15) is 0 Å². The Morgan fingerprint density at radius 2 is 1.90 bits per heavy atom. The second kappa shape index (κ2) is 5.78. The lowest BCUT2D eigenvalue weighted by atomic mass is 9.77. The van der Waals surface area contributed by atoms with E-state index in [1.165, 1.54) is 12.0 Å². The van der Waals surface area contributed by atoms with E-state index in [0.29, 0.717) is 5.41 Å². The molecule has 1 aromatic carbocycles. The first-order valence-electron chi connectivity index (χ1n) is 7.91. The van der Waals surface area contributed by atoms with Crippen LogP contribution in [0.4, 0.5) is 0 Å². The molecule has 3 rings (SSSR count). The lowest BCUT2D eigenvalue weighted by Gasteiger charge is -2.39. The molecule has 1 unspecified atom stereocenters. The molecule has 0 aliphatic carbocycles. The smallest absolute Gasteiger partial charge is 0.244 e. The zero-order valence-corrected chi connectivity index (χ0v) is 12.8. The normalized spacial score (nSPS) is 22.5. The maximum atomic E-state index is 12.6. The van der Waals surface area contributed by atoms with Gasteiger partial charge >= 0.3 is 0 Å². The number of carbonyl (C=O) groups excluding carboxylic acids is 1. The Bertz CT molecular complexity index is 495. The number of likely N-dealkylation sites (tertiary alicyclic amines) is 1. The molecule has 0 bridgehead atoms. The fourth-order valence-electron chi connectivity index (χ4n) is 3.54. The average molecular weight is 287 g/mol. The zero-order valence-electron chi connectivity index (χ0n) is 12.8. The van der Waals surface area contributed by atoms with Gasteiger partial charge in [-0.3, -0.25) is 4.79 Å². The van der Waals surface area contributed by atoms with Crippen molar-refractivity contribution in [2.45, 2.75) is 32.2 Å². The maximum Gasteiger partial charge on any atom is 0.244 e. The molecule has 21 heavy (non-hydrogen) atoms. The number of benzene rings is 1. The summed E-state index contributed by atoms with van der Waals surface area (Å²) in [4.78, 5) is 14.5. The Balaban J connectivity index is 1.62. The lowest BCUT2D eigenvalue weighted by Crippen LogP contribution is -2.47. The van der Waals surface area contributed by atoms with E-state index in [0.717, 1.165) is 44.6 Å². The van der Waals surface area contributed by atoms with Crippen molar-refractivity contribution in [1.82, 2.24) is 10.2 Å². The Morgan fingerprint density at radius 1 is 1.24 bits per heavy atom. The predicted molar refractivity (Wildman–Crippen MR) is 83.8 cm³/mol. The van der Waals surface area contributed by atoms with Crippen molar-refractivity contribution in [1.29, 1.82) is 0 Å². The van der Waals surface area contributed by atoms with Crippen molar-refractivity contribution in [2.75, 3.05) is 26.2 Å². The first-order chi connectivity index (χ1) is 10.1. The van der Waals surface area contributed by atoms with Gasteiger partial charge in [-0.25, -0.2) is 0 Å². The molecule has 3 N–H and O–H groups in total. The third kappa shape index (κ3) is 2.97. The molecular formula is C17H25N3O. The van der Waals surface area contributed by atoms with E-state index < -0.39 is 6.04 Å². The van der Waals surface area contributed by atoms with E-state index in [4.69, 9.17) is 5.73 Å². The van der Waals surface area contributed by atoms with E-state index in [-0.39, 0.29) is 5.91 Å². The first-order valence-corrected chi connectivity index (χ1v) is 7.91. The highest BCUT2D eigenvalue weighted by Gasteiger charge is 2.38. The van der Waals surface area contributed by atoms with Crippen LogP contribution in [0.5, 0.6) is 0 Å². The molecule has 1 amide bonds. The average Bonchev–Trinajstić information content (AvgIpc) is 2.96. The minimum absolute atomic E-state index is 0.0691. The van der Waals surface area contributed by atoms with Gasteiger partial charge in [0.2, 0.25) is 5.91 Å². The summed E-state index contributed by atoms with van der Waals surface area (Å²) in [5, 5.41) is 3.45. The molecule has 2 fully saturated rings. The summed E-state index contributed by atoms with van der Waals surface area (Å²) >= 11 is 0. The fourth-order valence-corrected chi connectivity index (χ4v) is 3.54. The molecule has 2 saturated heterocycles. The third-order valence-electron chi connectivity index (χ3n) is 5.17. The summed E-state index contributed by atoms with van der Waals surface area (Å²) in [6.07, 6.45) is 3.46. The maximum absolute atomic E-state index is 12.6. The highest BCUT2D eigenvalue weighted by molar-refractivity contribution is 5.83. The summed E-state index contributed by atoms with van der Waals surface area (Å²) < 4.78 is 0. The molecule has 1 atom stereocenters. The van der Waals surface area contributed by atoms with Crippen molar-refractivity contribution in [2.24, 2.45) is 11.1 Å². The second-order valence-electron chi connectivity index (χ2n) is 6.64. The molecule has 4 nitrogen and oxygen atoms in total. The van der Waals surface area contributed by atoms with Crippen LogP contribution in [0.25, 0.3) is 0 Å². The molecule has 1 spiro atoms. The number of nitrogens with two attached hydrogens (primary N) is 1. The zero-order chi connectivity index (χ0) is 14.9. The molecule has 0 radical (unpaired) electrons. The van der Waals surface area contributed by atoms with Crippen LogP contribution in [0.2, 0.25) is 0 Å². The number of aryl methyl sites for hydroxylation is 1. The van der Waals surface area contributed by atoms with Crippen LogP contribution in [-0.2, 0) is 4.79 Å². The highest BCUT2D eigenvalue weighted by atomic mass is 16.2. The molecule has 4 heteroatoms. The summed E-state index contributed by atoms with van der Waals surface area (Å²) in [5.74, 6) is 0.0691. The number of carbonyl (C=O) groups is 1.